The summed E-state index contributed by atoms with van der Waals surface area (Å²) in [5.74, 6) is 4.22. The Morgan fingerprint density at radius 1 is 1.06 bits per heavy atom. The fourth-order valence-corrected chi connectivity index (χ4v) is 2.63. The third-order valence-corrected chi connectivity index (χ3v) is 4.22. The van der Waals surface area contributed by atoms with Crippen LogP contribution in [0.1, 0.15) is 36.0 Å². The normalized spacial score (nSPS) is 12.1. The Labute approximate surface area is 183 Å². The Kier molecular flexibility index (Phi) is 12.1. The maximum atomic E-state index is 12.5. The van der Waals surface area contributed by atoms with Crippen molar-refractivity contribution in [1.82, 2.24) is 16.1 Å². The molecule has 32 heavy (non-hydrogen) atoms. The molecule has 0 bridgehead atoms. The summed E-state index contributed by atoms with van der Waals surface area (Å²) in [6, 6.07) is 5.67. The van der Waals surface area contributed by atoms with E-state index >= 15 is 0 Å². The Bertz CT molecular complexity index is 755. The molecule has 0 atom stereocenters. The molecule has 0 unspecified atom stereocenters. The van der Waals surface area contributed by atoms with Crippen LogP contribution in [0.15, 0.2) is 35.7 Å². The number of ether oxygens (including phenoxy) is 1. The molecule has 12 heteroatoms. The lowest BCUT2D eigenvalue weighted by Gasteiger charge is -2.17. The van der Waals surface area contributed by atoms with Gasteiger partial charge < -0.3 is 26.1 Å². The molecule has 180 valence electrons. The maximum Gasteiger partial charge on any atom is 0.405 e. The molecule has 0 aromatic heterocycles. The van der Waals surface area contributed by atoms with Crippen molar-refractivity contribution in [3.8, 4) is 0 Å². The summed E-state index contributed by atoms with van der Waals surface area (Å²) in [4.78, 5) is 24.3. The molecule has 1 rings (SSSR count). The number of halogens is 4. The smallest absolute Gasteiger partial charge is 0.383 e. The number of allylic oxidation sites excluding steroid dienone is 1. The highest BCUT2D eigenvalue weighted by Crippen LogP contribution is 2.19. The van der Waals surface area contributed by atoms with E-state index in [4.69, 9.17) is 10.6 Å². The SMILES string of the molecule is COCCNC(=O)/C(NN)=C(\CCCCCF)Nc1ccc(C(=O)NCC(F)(F)F)cc1. The number of methoxy groups -OCH3 is 1. The van der Waals surface area contributed by atoms with Crippen molar-refractivity contribution in [1.29, 1.82) is 0 Å². The Morgan fingerprint density at radius 3 is 2.31 bits per heavy atom. The van der Waals surface area contributed by atoms with Crippen LogP contribution in [0.4, 0.5) is 23.2 Å². The van der Waals surface area contributed by atoms with Crippen molar-refractivity contribution in [2.24, 2.45) is 5.84 Å². The summed E-state index contributed by atoms with van der Waals surface area (Å²) in [5, 5.41) is 7.48. The number of benzene rings is 1. The third kappa shape index (κ3) is 10.4. The highest BCUT2D eigenvalue weighted by Gasteiger charge is 2.27. The zero-order valence-corrected chi connectivity index (χ0v) is 17.8. The number of unbranched alkanes of at least 4 members (excludes halogenated alkanes) is 2. The molecule has 6 N–H and O–H groups in total. The van der Waals surface area contributed by atoms with E-state index < -0.39 is 31.2 Å². The number of hydrogen-bond acceptors (Lipinski definition) is 6. The lowest BCUT2D eigenvalue weighted by Crippen LogP contribution is -2.38. The number of anilines is 1. The van der Waals surface area contributed by atoms with Gasteiger partial charge in [0.1, 0.15) is 12.2 Å². The lowest BCUT2D eigenvalue weighted by molar-refractivity contribution is -0.123. The topological polar surface area (TPSA) is 118 Å². The van der Waals surface area contributed by atoms with Gasteiger partial charge in [-0.3, -0.25) is 19.8 Å². The number of nitrogens with one attached hydrogen (secondary N) is 4. The Hall–Kier alpha value is -2.86. The number of hydrogen-bond donors (Lipinski definition) is 5. The third-order valence-electron chi connectivity index (χ3n) is 4.22. The molecule has 8 nitrogen and oxygen atoms in total. The fraction of sp³-hybridized carbons (Fsp3) is 0.500. The number of nitrogens with two attached hydrogens (primary N) is 1. The van der Waals surface area contributed by atoms with Crippen LogP contribution in [0.3, 0.4) is 0 Å². The van der Waals surface area contributed by atoms with Crippen molar-refractivity contribution < 1.29 is 31.9 Å². The summed E-state index contributed by atoms with van der Waals surface area (Å²) >= 11 is 0. The fourth-order valence-electron chi connectivity index (χ4n) is 2.63. The minimum atomic E-state index is -4.51. The Morgan fingerprint density at radius 2 is 1.75 bits per heavy atom. The molecule has 0 fully saturated rings. The van der Waals surface area contributed by atoms with Crippen LogP contribution in [0.2, 0.25) is 0 Å². The lowest BCUT2D eigenvalue weighted by atomic mass is 10.1. The molecule has 0 spiro atoms. The number of amides is 2. The van der Waals surface area contributed by atoms with E-state index in [1.165, 1.54) is 31.4 Å². The summed E-state index contributed by atoms with van der Waals surface area (Å²) in [7, 11) is 1.50. The first-order valence-electron chi connectivity index (χ1n) is 9.96. The second kappa shape index (κ2) is 14.2. The van der Waals surface area contributed by atoms with E-state index in [0.29, 0.717) is 43.7 Å². The molecule has 0 saturated carbocycles. The van der Waals surface area contributed by atoms with Crippen molar-refractivity contribution in [2.45, 2.75) is 31.9 Å². The van der Waals surface area contributed by atoms with Gasteiger partial charge in [-0.25, -0.2) is 0 Å². The standard InChI is InChI=1S/C20H29F4N5O3/c1-32-12-11-26-19(31)17(29-25)16(5-3-2-4-10-21)28-15-8-6-14(7-9-15)18(30)27-13-20(22,23)24/h6-9,28-29H,2-5,10-13,25H2,1H3,(H,26,31)(H,27,30)/b17-16-. The van der Waals surface area contributed by atoms with Gasteiger partial charge in [0.25, 0.3) is 11.8 Å². The molecule has 0 heterocycles. The van der Waals surface area contributed by atoms with Crippen LogP contribution in [-0.2, 0) is 9.53 Å². The van der Waals surface area contributed by atoms with Gasteiger partial charge in [-0.1, -0.05) is 6.42 Å². The highest BCUT2D eigenvalue weighted by molar-refractivity contribution is 5.95. The van der Waals surface area contributed by atoms with Gasteiger partial charge in [0.15, 0.2) is 0 Å². The number of alkyl halides is 4. The zero-order chi connectivity index (χ0) is 24.0. The molecule has 0 radical (unpaired) electrons. The first-order chi connectivity index (χ1) is 15.2. The molecule has 2 amide bonds. The van der Waals surface area contributed by atoms with Gasteiger partial charge >= 0.3 is 6.18 Å². The molecular weight excluding hydrogens is 434 g/mol. The minimum Gasteiger partial charge on any atom is -0.383 e. The first kappa shape index (κ1) is 27.2. The van der Waals surface area contributed by atoms with Crippen LogP contribution in [0.25, 0.3) is 0 Å². The van der Waals surface area contributed by atoms with Gasteiger partial charge in [0, 0.05) is 30.6 Å². The summed E-state index contributed by atoms with van der Waals surface area (Å²) in [5.41, 5.74) is 3.41. The van der Waals surface area contributed by atoms with Crippen molar-refractivity contribution in [2.75, 3.05) is 38.8 Å². The quantitative estimate of drug-likeness (QED) is 0.0951. The second-order valence-electron chi connectivity index (χ2n) is 6.75. The van der Waals surface area contributed by atoms with Crippen molar-refractivity contribution >= 4 is 17.5 Å². The number of carbonyl (C=O) groups excluding carboxylic acids is 2. The molecule has 0 aliphatic carbocycles. The number of rotatable bonds is 14. The molecule has 1 aromatic carbocycles. The molecule has 1 aromatic rings. The van der Waals surface area contributed by atoms with E-state index in [1.54, 1.807) is 5.32 Å². The minimum absolute atomic E-state index is 0.0442. The predicted molar refractivity (Wildman–Crippen MR) is 112 cm³/mol. The summed E-state index contributed by atoms with van der Waals surface area (Å²) in [6.45, 7) is -1.30. The molecule has 0 aliphatic heterocycles. The Balaban J connectivity index is 2.95. The van der Waals surface area contributed by atoms with E-state index in [0.717, 1.165) is 0 Å². The number of hydrazine groups is 1. The van der Waals surface area contributed by atoms with E-state index in [9.17, 15) is 27.2 Å². The second-order valence-corrected chi connectivity index (χ2v) is 6.75. The van der Waals surface area contributed by atoms with Gasteiger partial charge in [0.2, 0.25) is 0 Å². The predicted octanol–water partition coefficient (Wildman–Crippen LogP) is 2.36. The maximum absolute atomic E-state index is 12.5. The zero-order valence-electron chi connectivity index (χ0n) is 17.8. The van der Waals surface area contributed by atoms with E-state index in [-0.39, 0.29) is 17.8 Å². The van der Waals surface area contributed by atoms with Crippen LogP contribution in [0, 0.1) is 0 Å². The van der Waals surface area contributed by atoms with E-state index in [2.05, 4.69) is 16.1 Å². The summed E-state index contributed by atoms with van der Waals surface area (Å²) in [6.07, 6.45) is -2.55. The molecular formula is C20H29F4N5O3. The summed E-state index contributed by atoms with van der Waals surface area (Å²) < 4.78 is 54.0. The van der Waals surface area contributed by atoms with Gasteiger partial charge in [-0.2, -0.15) is 13.2 Å². The van der Waals surface area contributed by atoms with Gasteiger partial charge in [0.05, 0.1) is 13.3 Å². The molecule has 0 aliphatic rings. The van der Waals surface area contributed by atoms with Crippen LogP contribution in [-0.4, -0.2) is 51.5 Å². The average molecular weight is 463 g/mol. The average Bonchev–Trinajstić information content (AvgIpc) is 2.75. The van der Waals surface area contributed by atoms with Gasteiger partial charge in [-0.15, -0.1) is 0 Å². The molecule has 0 saturated heterocycles. The van der Waals surface area contributed by atoms with Crippen molar-refractivity contribution in [3.63, 3.8) is 0 Å². The van der Waals surface area contributed by atoms with Gasteiger partial charge in [-0.05, 0) is 43.5 Å². The highest BCUT2D eigenvalue weighted by atomic mass is 19.4. The van der Waals surface area contributed by atoms with E-state index in [1.807, 2.05) is 0 Å². The first-order valence-corrected chi connectivity index (χ1v) is 9.96. The largest absolute Gasteiger partial charge is 0.405 e. The van der Waals surface area contributed by atoms with Crippen molar-refractivity contribution in [3.05, 3.63) is 41.2 Å². The van der Waals surface area contributed by atoms with Crippen LogP contribution in [0.5, 0.6) is 0 Å². The van der Waals surface area contributed by atoms with Crippen LogP contribution >= 0.6 is 0 Å². The number of carbonyl (C=O) groups is 2. The monoisotopic (exact) mass is 463 g/mol. The van der Waals surface area contributed by atoms with Crippen LogP contribution < -0.4 is 27.2 Å².